The minimum absolute atomic E-state index is 0.00901. The van der Waals surface area contributed by atoms with Gasteiger partial charge in [0.05, 0.1) is 20.1 Å². The summed E-state index contributed by atoms with van der Waals surface area (Å²) in [5.41, 5.74) is 0.794. The Kier molecular flexibility index (Phi) is 7.44. The van der Waals surface area contributed by atoms with Crippen molar-refractivity contribution in [3.05, 3.63) is 55.2 Å². The standard InChI is InChI=1S/C20H15ClFIN2O5S/c1-2-30-15-6-10(5-14(23)18(15)27)7-16-19(28)25(20(29)31-16)9-17(26)24-11-3-4-13(22)12(21)8-11/h3-8,27H,2,9H2,1H3,(H,24,26)/b16-7+. The molecule has 0 bridgehead atoms. The van der Waals surface area contributed by atoms with Crippen LogP contribution in [0.3, 0.4) is 0 Å². The zero-order valence-corrected chi connectivity index (χ0v) is 19.7. The van der Waals surface area contributed by atoms with Gasteiger partial charge in [0.15, 0.2) is 11.5 Å². The third-order valence-corrected chi connectivity index (χ3v) is 6.05. The van der Waals surface area contributed by atoms with Gasteiger partial charge in [-0.2, -0.15) is 0 Å². The first kappa shape index (κ1) is 23.4. The number of thioether (sulfide) groups is 1. The van der Waals surface area contributed by atoms with Gasteiger partial charge in [0, 0.05) is 5.69 Å². The Morgan fingerprint density at radius 3 is 2.77 bits per heavy atom. The lowest BCUT2D eigenvalue weighted by Gasteiger charge is -2.12. The number of imide groups is 1. The van der Waals surface area contributed by atoms with Gasteiger partial charge in [0.25, 0.3) is 11.1 Å². The third kappa shape index (κ3) is 5.49. The molecule has 1 aliphatic heterocycles. The molecule has 3 rings (SSSR count). The monoisotopic (exact) mass is 576 g/mol. The molecule has 2 aromatic carbocycles. The van der Waals surface area contributed by atoms with Gasteiger partial charge in [-0.1, -0.05) is 11.6 Å². The quantitative estimate of drug-likeness (QED) is 0.377. The number of nitrogens with zero attached hydrogens (tertiary/aromatic N) is 1. The Balaban J connectivity index is 1.74. The van der Waals surface area contributed by atoms with E-state index in [0.29, 0.717) is 27.5 Å². The zero-order chi connectivity index (χ0) is 22.7. The maximum atomic E-state index is 13.2. The summed E-state index contributed by atoms with van der Waals surface area (Å²) in [4.78, 5) is 38.1. The minimum Gasteiger partial charge on any atom is -0.504 e. The lowest BCUT2D eigenvalue weighted by atomic mass is 10.2. The van der Waals surface area contributed by atoms with Gasteiger partial charge in [-0.05, 0) is 83.2 Å². The van der Waals surface area contributed by atoms with E-state index in [1.807, 2.05) is 22.6 Å². The fraction of sp³-hybridized carbons (Fsp3) is 0.150. The van der Waals surface area contributed by atoms with Gasteiger partial charge in [-0.3, -0.25) is 19.3 Å². The van der Waals surface area contributed by atoms with E-state index in [1.165, 1.54) is 18.2 Å². The van der Waals surface area contributed by atoms with E-state index < -0.39 is 29.4 Å². The van der Waals surface area contributed by atoms with Crippen molar-refractivity contribution in [2.45, 2.75) is 6.92 Å². The Labute approximate surface area is 199 Å². The molecule has 1 heterocycles. The molecular weight excluding hydrogens is 562 g/mol. The number of rotatable bonds is 6. The summed E-state index contributed by atoms with van der Waals surface area (Å²) in [6.07, 6.45) is 1.49. The fourth-order valence-corrected chi connectivity index (χ4v) is 4.29. The highest BCUT2D eigenvalue weighted by Crippen LogP contribution is 2.36. The number of ether oxygens (including phenoxy) is 1. The summed E-state index contributed by atoms with van der Waals surface area (Å²) in [6.45, 7) is 1.61. The topological polar surface area (TPSA) is 95.9 Å². The number of anilines is 1. The fourth-order valence-electron chi connectivity index (χ4n) is 2.65. The second-order valence-corrected chi connectivity index (χ2v) is 8.79. The van der Waals surface area contributed by atoms with Crippen LogP contribution in [0.2, 0.25) is 5.02 Å². The second kappa shape index (κ2) is 9.88. The third-order valence-electron chi connectivity index (χ3n) is 4.03. The highest BCUT2D eigenvalue weighted by Gasteiger charge is 2.36. The lowest BCUT2D eigenvalue weighted by Crippen LogP contribution is -2.36. The van der Waals surface area contributed by atoms with E-state index in [9.17, 15) is 23.9 Å². The van der Waals surface area contributed by atoms with Crippen LogP contribution in [0.4, 0.5) is 14.9 Å². The molecule has 2 aromatic rings. The summed E-state index contributed by atoms with van der Waals surface area (Å²) in [6, 6.07) is 6.83. The smallest absolute Gasteiger partial charge is 0.294 e. The molecule has 0 spiro atoms. The average molecular weight is 577 g/mol. The van der Waals surface area contributed by atoms with Crippen LogP contribution in [-0.4, -0.2) is 40.2 Å². The van der Waals surface area contributed by atoms with Crippen LogP contribution in [0.5, 0.6) is 11.5 Å². The van der Waals surface area contributed by atoms with E-state index in [4.69, 9.17) is 16.3 Å². The molecule has 162 valence electrons. The number of phenols is 1. The number of carbonyl (C=O) groups excluding carboxylic acids is 3. The van der Waals surface area contributed by atoms with E-state index >= 15 is 0 Å². The molecule has 0 atom stereocenters. The number of hydrogen-bond donors (Lipinski definition) is 2. The van der Waals surface area contributed by atoms with Crippen LogP contribution in [0.1, 0.15) is 12.5 Å². The molecule has 1 aliphatic rings. The number of halogens is 3. The van der Waals surface area contributed by atoms with Gasteiger partial charge in [0.2, 0.25) is 5.91 Å². The average Bonchev–Trinajstić information content (AvgIpc) is 2.96. The van der Waals surface area contributed by atoms with E-state index in [0.717, 1.165) is 11.0 Å². The van der Waals surface area contributed by atoms with Crippen molar-refractivity contribution in [1.29, 1.82) is 0 Å². The predicted molar refractivity (Wildman–Crippen MR) is 125 cm³/mol. The lowest BCUT2D eigenvalue weighted by molar-refractivity contribution is -0.127. The molecule has 1 saturated heterocycles. The number of nitrogens with one attached hydrogen (secondary N) is 1. The first-order valence-electron chi connectivity index (χ1n) is 8.85. The molecule has 1 fully saturated rings. The van der Waals surface area contributed by atoms with Crippen molar-refractivity contribution in [3.8, 4) is 11.5 Å². The molecule has 0 aliphatic carbocycles. The molecule has 31 heavy (non-hydrogen) atoms. The molecule has 2 N–H and O–H groups in total. The Morgan fingerprint density at radius 2 is 2.10 bits per heavy atom. The number of aromatic hydroxyl groups is 1. The second-order valence-electron chi connectivity index (χ2n) is 6.23. The van der Waals surface area contributed by atoms with Crippen molar-refractivity contribution in [2.75, 3.05) is 18.5 Å². The van der Waals surface area contributed by atoms with Crippen LogP contribution in [0.15, 0.2) is 35.2 Å². The first-order valence-corrected chi connectivity index (χ1v) is 11.1. The Morgan fingerprint density at radius 1 is 1.35 bits per heavy atom. The van der Waals surface area contributed by atoms with Crippen molar-refractivity contribution in [1.82, 2.24) is 4.90 Å². The summed E-state index contributed by atoms with van der Waals surface area (Å²) < 4.78 is 19.1. The molecule has 11 heteroatoms. The van der Waals surface area contributed by atoms with Crippen molar-refractivity contribution in [3.63, 3.8) is 0 Å². The van der Waals surface area contributed by atoms with Gasteiger partial charge in [0.1, 0.15) is 12.4 Å². The molecule has 0 unspecified atom stereocenters. The summed E-state index contributed by atoms with van der Waals surface area (Å²) >= 11 is 8.31. The highest BCUT2D eigenvalue weighted by molar-refractivity contribution is 14.1. The molecule has 0 saturated carbocycles. The van der Waals surface area contributed by atoms with Crippen molar-refractivity contribution >= 4 is 74.8 Å². The van der Waals surface area contributed by atoms with Crippen molar-refractivity contribution in [2.24, 2.45) is 0 Å². The summed E-state index contributed by atoms with van der Waals surface area (Å²) in [5, 5.41) is 11.7. The number of benzene rings is 2. The number of hydrogen-bond acceptors (Lipinski definition) is 6. The van der Waals surface area contributed by atoms with Crippen LogP contribution in [0, 0.1) is 9.39 Å². The van der Waals surface area contributed by atoms with Gasteiger partial charge in [-0.15, -0.1) is 0 Å². The minimum atomic E-state index is -0.635. The van der Waals surface area contributed by atoms with Crippen LogP contribution < -0.4 is 10.1 Å². The largest absolute Gasteiger partial charge is 0.504 e. The normalized spacial score (nSPS) is 15.0. The molecule has 3 amide bonds. The maximum absolute atomic E-state index is 13.2. The summed E-state index contributed by atoms with van der Waals surface area (Å²) in [7, 11) is 0. The van der Waals surface area contributed by atoms with Crippen molar-refractivity contribution < 1.29 is 28.6 Å². The summed E-state index contributed by atoms with van der Waals surface area (Å²) in [5.74, 6) is -1.64. The predicted octanol–water partition coefficient (Wildman–Crippen LogP) is 4.86. The number of carbonyl (C=O) groups is 3. The van der Waals surface area contributed by atoms with E-state index in [1.54, 1.807) is 19.1 Å². The number of amides is 3. The molecular formula is C20H15ClFIN2O5S. The molecule has 0 aromatic heterocycles. The van der Waals surface area contributed by atoms with Crippen LogP contribution >= 0.6 is 46.0 Å². The Bertz CT molecular complexity index is 1110. The van der Waals surface area contributed by atoms with E-state index in [-0.39, 0.29) is 27.1 Å². The number of phenolic OH excluding ortho intramolecular Hbond substituents is 1. The zero-order valence-electron chi connectivity index (χ0n) is 15.9. The SMILES string of the molecule is CCOc1cc(/C=C2/SC(=O)N(CC(=O)Nc3ccc(F)c(Cl)c3)C2=O)cc(I)c1O. The Hall–Kier alpha value is -2.31. The van der Waals surface area contributed by atoms with Gasteiger partial charge < -0.3 is 15.2 Å². The van der Waals surface area contributed by atoms with Crippen LogP contribution in [0.25, 0.3) is 6.08 Å². The van der Waals surface area contributed by atoms with E-state index in [2.05, 4.69) is 5.32 Å². The molecule has 0 radical (unpaired) electrons. The first-order chi connectivity index (χ1) is 14.7. The van der Waals surface area contributed by atoms with Crippen LogP contribution in [-0.2, 0) is 9.59 Å². The molecule has 7 nitrogen and oxygen atoms in total. The maximum Gasteiger partial charge on any atom is 0.294 e. The highest BCUT2D eigenvalue weighted by atomic mass is 127. The van der Waals surface area contributed by atoms with Gasteiger partial charge >= 0.3 is 0 Å². The van der Waals surface area contributed by atoms with Gasteiger partial charge in [-0.25, -0.2) is 4.39 Å².